The number of hydrogen-bond acceptors (Lipinski definition) is 4. The molecule has 5 nitrogen and oxygen atoms in total. The lowest BCUT2D eigenvalue weighted by atomic mass is 9.90. The fourth-order valence-electron chi connectivity index (χ4n) is 4.40. The van der Waals surface area contributed by atoms with Crippen molar-refractivity contribution in [1.29, 1.82) is 0 Å². The first-order chi connectivity index (χ1) is 17.9. The minimum Gasteiger partial charge on any atom is -0.369 e. The first-order valence-corrected chi connectivity index (χ1v) is 11.8. The summed E-state index contributed by atoms with van der Waals surface area (Å²) in [6.07, 6.45) is -8.21. The number of hydrogen-bond donors (Lipinski definition) is 1. The molecule has 1 aliphatic heterocycles. The van der Waals surface area contributed by atoms with Gasteiger partial charge in [0.2, 0.25) is 5.91 Å². The zero-order chi connectivity index (χ0) is 27.6. The largest absolute Gasteiger partial charge is 0.430 e. The fraction of sp³-hybridized carbons (Fsp3) is 0.333. The summed E-state index contributed by atoms with van der Waals surface area (Å²) in [6, 6.07) is 14.3. The van der Waals surface area contributed by atoms with E-state index in [1.54, 1.807) is 24.5 Å². The Labute approximate surface area is 215 Å². The number of amides is 1. The Morgan fingerprint density at radius 1 is 0.737 bits per heavy atom. The van der Waals surface area contributed by atoms with E-state index in [2.05, 4.69) is 9.88 Å². The number of pyridine rings is 1. The van der Waals surface area contributed by atoms with Crippen LogP contribution in [-0.4, -0.2) is 64.3 Å². The number of aromatic nitrogens is 1. The molecule has 4 rings (SSSR count). The maximum Gasteiger partial charge on any atom is 0.430 e. The number of aliphatic hydroxyl groups is 1. The lowest BCUT2D eigenvalue weighted by Crippen LogP contribution is -2.53. The molecule has 0 radical (unpaired) electrons. The first-order valence-electron chi connectivity index (χ1n) is 11.8. The Morgan fingerprint density at radius 3 is 1.74 bits per heavy atom. The molecule has 0 saturated carbocycles. The van der Waals surface area contributed by atoms with Crippen molar-refractivity contribution >= 4 is 5.91 Å². The van der Waals surface area contributed by atoms with E-state index in [0.29, 0.717) is 62.4 Å². The van der Waals surface area contributed by atoms with Crippen molar-refractivity contribution in [2.75, 3.05) is 26.2 Å². The summed E-state index contributed by atoms with van der Waals surface area (Å²) < 4.78 is 78.6. The predicted octanol–water partition coefficient (Wildman–Crippen LogP) is 4.95. The molecule has 0 unspecified atom stereocenters. The van der Waals surface area contributed by atoms with Gasteiger partial charge in [0, 0.05) is 50.7 Å². The van der Waals surface area contributed by atoms with Gasteiger partial charge in [0.15, 0.2) is 0 Å². The molecule has 1 N–H and O–H groups in total. The Hall–Kier alpha value is -3.44. The number of halogens is 6. The van der Waals surface area contributed by atoms with E-state index >= 15 is 0 Å². The van der Waals surface area contributed by atoms with E-state index in [0.717, 1.165) is 23.3 Å². The second-order valence-corrected chi connectivity index (χ2v) is 9.17. The molecular weight excluding hydrogens is 512 g/mol. The molecule has 1 aromatic heterocycles. The van der Waals surface area contributed by atoms with Gasteiger partial charge in [-0.1, -0.05) is 48.5 Å². The molecule has 2 aromatic carbocycles. The van der Waals surface area contributed by atoms with Crippen molar-refractivity contribution in [3.63, 3.8) is 0 Å². The van der Waals surface area contributed by atoms with E-state index < -0.39 is 23.5 Å². The van der Waals surface area contributed by atoms with Crippen LogP contribution in [0.25, 0.3) is 11.1 Å². The monoisotopic (exact) mass is 537 g/mol. The summed E-state index contributed by atoms with van der Waals surface area (Å²) in [6.45, 7) is 3.25. The Morgan fingerprint density at radius 2 is 1.24 bits per heavy atom. The molecule has 3 aromatic rings. The van der Waals surface area contributed by atoms with Crippen molar-refractivity contribution in [3.05, 3.63) is 89.7 Å². The average molecular weight is 538 g/mol. The molecule has 0 spiro atoms. The number of piperazine rings is 1. The highest BCUT2D eigenvalue weighted by molar-refractivity contribution is 5.78. The molecule has 38 heavy (non-hydrogen) atoms. The van der Waals surface area contributed by atoms with Crippen LogP contribution in [0.5, 0.6) is 0 Å². The van der Waals surface area contributed by atoms with Crippen LogP contribution >= 0.6 is 0 Å². The van der Waals surface area contributed by atoms with E-state index in [1.165, 1.54) is 0 Å². The third kappa shape index (κ3) is 5.83. The van der Waals surface area contributed by atoms with Crippen molar-refractivity contribution in [3.8, 4) is 11.1 Å². The lowest BCUT2D eigenvalue weighted by molar-refractivity contribution is -0.376. The van der Waals surface area contributed by atoms with Gasteiger partial charge in [0.05, 0.1) is 6.42 Å². The quantitative estimate of drug-likeness (QED) is 0.453. The van der Waals surface area contributed by atoms with Crippen LogP contribution in [0, 0.1) is 0 Å². The first kappa shape index (κ1) is 27.6. The summed E-state index contributed by atoms with van der Waals surface area (Å²) in [4.78, 5) is 20.5. The molecule has 1 saturated heterocycles. The van der Waals surface area contributed by atoms with E-state index in [1.807, 2.05) is 29.2 Å². The van der Waals surface area contributed by atoms with Crippen molar-refractivity contribution in [2.24, 2.45) is 0 Å². The van der Waals surface area contributed by atoms with Crippen LogP contribution in [0.2, 0.25) is 0 Å². The Balaban J connectivity index is 1.35. The number of benzene rings is 2. The average Bonchev–Trinajstić information content (AvgIpc) is 2.88. The molecule has 0 bridgehead atoms. The number of rotatable bonds is 6. The third-order valence-electron chi connectivity index (χ3n) is 6.65. The molecule has 1 amide bonds. The highest BCUT2D eigenvalue weighted by atomic mass is 19.4. The van der Waals surface area contributed by atoms with Gasteiger partial charge >= 0.3 is 12.4 Å². The van der Waals surface area contributed by atoms with Crippen LogP contribution in [0.15, 0.2) is 73.1 Å². The van der Waals surface area contributed by atoms with Crippen LogP contribution in [-0.2, 0) is 23.4 Å². The van der Waals surface area contributed by atoms with Gasteiger partial charge in [-0.3, -0.25) is 14.7 Å². The zero-order valence-electron chi connectivity index (χ0n) is 20.1. The topological polar surface area (TPSA) is 56.7 Å². The van der Waals surface area contributed by atoms with Gasteiger partial charge in [0.1, 0.15) is 0 Å². The van der Waals surface area contributed by atoms with Crippen LogP contribution in [0.1, 0.15) is 16.7 Å². The van der Waals surface area contributed by atoms with Gasteiger partial charge < -0.3 is 10.0 Å². The van der Waals surface area contributed by atoms with Crippen molar-refractivity contribution in [2.45, 2.75) is 30.9 Å². The second-order valence-electron chi connectivity index (χ2n) is 9.17. The molecule has 1 fully saturated rings. The fourth-order valence-corrected chi connectivity index (χ4v) is 4.40. The SMILES string of the molecule is O=C(Cc1ccncc1)N1CCN(Cc2ccc(-c3ccc(C(O)(C(F)(F)F)C(F)(F)F)cc3)cc2)CC1. The maximum absolute atomic E-state index is 13.1. The molecule has 0 atom stereocenters. The second kappa shape index (κ2) is 10.7. The molecule has 1 aliphatic rings. The van der Waals surface area contributed by atoms with Gasteiger partial charge in [-0.25, -0.2) is 0 Å². The summed E-state index contributed by atoms with van der Waals surface area (Å²) >= 11 is 0. The molecular formula is C27H25F6N3O2. The number of carbonyl (C=O) groups excluding carboxylic acids is 1. The predicted molar refractivity (Wildman–Crippen MR) is 128 cm³/mol. The molecule has 0 aliphatic carbocycles. The van der Waals surface area contributed by atoms with Gasteiger partial charge in [-0.2, -0.15) is 26.3 Å². The van der Waals surface area contributed by atoms with E-state index in [9.17, 15) is 36.2 Å². The van der Waals surface area contributed by atoms with Gasteiger partial charge in [-0.05, 0) is 34.4 Å². The normalized spacial score (nSPS) is 15.5. The summed E-state index contributed by atoms with van der Waals surface area (Å²) in [5.41, 5.74) is -3.33. The van der Waals surface area contributed by atoms with Crippen molar-refractivity contribution < 1.29 is 36.2 Å². The Bertz CT molecular complexity index is 1210. The van der Waals surface area contributed by atoms with Gasteiger partial charge in [0.25, 0.3) is 5.60 Å². The van der Waals surface area contributed by atoms with Crippen LogP contribution in [0.4, 0.5) is 26.3 Å². The molecule has 202 valence electrons. The summed E-state index contributed by atoms with van der Waals surface area (Å²) in [5.74, 6) is 0.0649. The number of nitrogens with zero attached hydrogens (tertiary/aromatic N) is 3. The summed E-state index contributed by atoms with van der Waals surface area (Å²) in [7, 11) is 0. The van der Waals surface area contributed by atoms with E-state index in [4.69, 9.17) is 0 Å². The van der Waals surface area contributed by atoms with E-state index in [-0.39, 0.29) is 5.91 Å². The standard InChI is InChI=1S/C27H25F6N3O2/c28-26(29,30)25(38,27(31,32)33)23-7-5-22(6-8-23)21-3-1-20(2-4-21)18-35-13-15-36(16-14-35)24(37)17-19-9-11-34-12-10-19/h1-12,38H,13-18H2. The third-order valence-corrected chi connectivity index (χ3v) is 6.65. The summed E-state index contributed by atoms with van der Waals surface area (Å²) in [5, 5.41) is 9.54. The minimum atomic E-state index is -5.92. The highest BCUT2D eigenvalue weighted by Gasteiger charge is 2.71. The number of alkyl halides is 6. The molecule has 2 heterocycles. The highest BCUT2D eigenvalue weighted by Crippen LogP contribution is 2.50. The zero-order valence-corrected chi connectivity index (χ0v) is 20.1. The molecule has 11 heteroatoms. The maximum atomic E-state index is 13.1. The smallest absolute Gasteiger partial charge is 0.369 e. The lowest BCUT2D eigenvalue weighted by Gasteiger charge is -2.35. The number of carbonyl (C=O) groups is 1. The minimum absolute atomic E-state index is 0.0649. The van der Waals surface area contributed by atoms with Crippen LogP contribution in [0.3, 0.4) is 0 Å². The van der Waals surface area contributed by atoms with Gasteiger partial charge in [-0.15, -0.1) is 0 Å². The van der Waals surface area contributed by atoms with Crippen molar-refractivity contribution in [1.82, 2.24) is 14.8 Å². The Kier molecular flexibility index (Phi) is 7.80. The van der Waals surface area contributed by atoms with Crippen LogP contribution < -0.4 is 0 Å².